The average Bonchev–Trinajstić information content (AvgIpc) is 2.79. The Morgan fingerprint density at radius 3 is 2.83 bits per heavy atom. The maximum Gasteiger partial charge on any atom is 0.326 e. The molecule has 18 heavy (non-hydrogen) atoms. The standard InChI is InChI=1S/C10H14F2N2O4/c11-4-10(5-15)2-1-7(18-10)14-3-6(12)8(16)13-9(14)17/h6-7,15H,1-5H2,(H,13,16,17)/t6-,7-,10-/m1/s1. The normalized spacial score (nSPS) is 36.9. The van der Waals surface area contributed by atoms with Crippen molar-refractivity contribution in [3.05, 3.63) is 0 Å². The number of nitrogens with zero attached hydrogens (tertiary/aromatic N) is 1. The third-order valence-corrected chi connectivity index (χ3v) is 3.24. The number of alkyl halides is 2. The number of rotatable bonds is 3. The molecule has 0 aliphatic carbocycles. The van der Waals surface area contributed by atoms with Crippen LogP contribution in [0.5, 0.6) is 0 Å². The molecule has 2 rings (SSSR count). The highest BCUT2D eigenvalue weighted by atomic mass is 19.1. The van der Waals surface area contributed by atoms with E-state index in [2.05, 4.69) is 0 Å². The maximum absolute atomic E-state index is 13.2. The summed E-state index contributed by atoms with van der Waals surface area (Å²) in [5, 5.41) is 10.9. The second-order valence-electron chi connectivity index (χ2n) is 4.50. The largest absolute Gasteiger partial charge is 0.393 e. The zero-order valence-corrected chi connectivity index (χ0v) is 9.57. The van der Waals surface area contributed by atoms with Crippen LogP contribution in [0.3, 0.4) is 0 Å². The summed E-state index contributed by atoms with van der Waals surface area (Å²) in [6, 6.07) is -0.758. The molecule has 0 aromatic carbocycles. The lowest BCUT2D eigenvalue weighted by Gasteiger charge is -2.34. The van der Waals surface area contributed by atoms with E-state index in [1.807, 2.05) is 5.32 Å². The van der Waals surface area contributed by atoms with Gasteiger partial charge in [0.25, 0.3) is 5.91 Å². The number of carbonyl (C=O) groups is 2. The van der Waals surface area contributed by atoms with Gasteiger partial charge in [-0.1, -0.05) is 0 Å². The summed E-state index contributed by atoms with van der Waals surface area (Å²) in [5.41, 5.74) is -1.32. The van der Waals surface area contributed by atoms with Gasteiger partial charge in [0, 0.05) is 0 Å². The van der Waals surface area contributed by atoms with Crippen LogP contribution in [0.25, 0.3) is 0 Å². The highest BCUT2D eigenvalue weighted by Crippen LogP contribution is 2.33. The van der Waals surface area contributed by atoms with Crippen LogP contribution in [0, 0.1) is 0 Å². The predicted molar refractivity (Wildman–Crippen MR) is 55.0 cm³/mol. The Morgan fingerprint density at radius 1 is 1.56 bits per heavy atom. The second-order valence-corrected chi connectivity index (χ2v) is 4.50. The van der Waals surface area contributed by atoms with Crippen LogP contribution in [-0.4, -0.2) is 59.8 Å². The fraction of sp³-hybridized carbons (Fsp3) is 0.800. The fourth-order valence-electron chi connectivity index (χ4n) is 2.11. The number of aliphatic hydroxyl groups excluding tert-OH is 1. The van der Waals surface area contributed by atoms with E-state index >= 15 is 0 Å². The molecule has 0 radical (unpaired) electrons. The average molecular weight is 264 g/mol. The third-order valence-electron chi connectivity index (χ3n) is 3.24. The van der Waals surface area contributed by atoms with E-state index in [0.29, 0.717) is 6.42 Å². The molecule has 2 fully saturated rings. The van der Waals surface area contributed by atoms with Crippen LogP contribution in [-0.2, 0) is 9.53 Å². The van der Waals surface area contributed by atoms with Crippen molar-refractivity contribution < 1.29 is 28.2 Å². The molecule has 0 aromatic rings. The van der Waals surface area contributed by atoms with E-state index < -0.39 is 49.8 Å². The number of hydrogen-bond donors (Lipinski definition) is 2. The summed E-state index contributed by atoms with van der Waals surface area (Å²) < 4.78 is 31.3. The quantitative estimate of drug-likeness (QED) is 0.734. The lowest BCUT2D eigenvalue weighted by atomic mass is 10.0. The first-order valence-electron chi connectivity index (χ1n) is 5.61. The lowest BCUT2D eigenvalue weighted by molar-refractivity contribution is -0.139. The molecular formula is C10H14F2N2O4. The van der Waals surface area contributed by atoms with E-state index in [1.165, 1.54) is 0 Å². The van der Waals surface area contributed by atoms with Gasteiger partial charge in [0.15, 0.2) is 6.17 Å². The van der Waals surface area contributed by atoms with Crippen molar-refractivity contribution in [2.45, 2.75) is 30.8 Å². The van der Waals surface area contributed by atoms with E-state index in [4.69, 9.17) is 9.84 Å². The van der Waals surface area contributed by atoms with Crippen LogP contribution >= 0.6 is 0 Å². The van der Waals surface area contributed by atoms with Gasteiger partial charge in [0.05, 0.1) is 13.2 Å². The van der Waals surface area contributed by atoms with Gasteiger partial charge < -0.3 is 9.84 Å². The van der Waals surface area contributed by atoms with Crippen LogP contribution < -0.4 is 5.32 Å². The van der Waals surface area contributed by atoms with Crippen LogP contribution in [0.1, 0.15) is 12.8 Å². The van der Waals surface area contributed by atoms with E-state index in [1.54, 1.807) is 0 Å². The van der Waals surface area contributed by atoms with Gasteiger partial charge in [0.2, 0.25) is 0 Å². The molecule has 0 unspecified atom stereocenters. The second kappa shape index (κ2) is 4.77. The number of amides is 3. The number of nitrogens with one attached hydrogen (secondary N) is 1. The summed E-state index contributed by atoms with van der Waals surface area (Å²) >= 11 is 0. The molecule has 3 atom stereocenters. The number of urea groups is 1. The molecular weight excluding hydrogens is 250 g/mol. The number of carbonyl (C=O) groups excluding carboxylic acids is 2. The molecule has 0 saturated carbocycles. The first-order valence-corrected chi connectivity index (χ1v) is 5.61. The van der Waals surface area contributed by atoms with Crippen LogP contribution in [0.15, 0.2) is 0 Å². The zero-order chi connectivity index (χ0) is 13.3. The van der Waals surface area contributed by atoms with E-state index in [-0.39, 0.29) is 6.42 Å². The monoisotopic (exact) mass is 264 g/mol. The Morgan fingerprint density at radius 2 is 2.28 bits per heavy atom. The van der Waals surface area contributed by atoms with Crippen molar-refractivity contribution >= 4 is 11.9 Å². The Bertz CT molecular complexity index is 362. The molecule has 0 aromatic heterocycles. The smallest absolute Gasteiger partial charge is 0.326 e. The molecule has 2 aliphatic rings. The van der Waals surface area contributed by atoms with Crippen molar-refractivity contribution in [2.24, 2.45) is 0 Å². The zero-order valence-electron chi connectivity index (χ0n) is 9.57. The number of hydrogen-bond acceptors (Lipinski definition) is 4. The first kappa shape index (κ1) is 13.2. The molecule has 0 bridgehead atoms. The van der Waals surface area contributed by atoms with Gasteiger partial charge >= 0.3 is 6.03 Å². The molecule has 2 aliphatic heterocycles. The number of imide groups is 1. The molecule has 3 amide bonds. The Labute approximate surface area is 102 Å². The van der Waals surface area contributed by atoms with Crippen molar-refractivity contribution in [2.75, 3.05) is 19.8 Å². The Kier molecular flexibility index (Phi) is 3.49. The Hall–Kier alpha value is -1.28. The molecule has 6 nitrogen and oxygen atoms in total. The summed E-state index contributed by atoms with van der Waals surface area (Å²) in [6.45, 7) is -1.80. The molecule has 0 spiro atoms. The molecule has 102 valence electrons. The molecule has 2 heterocycles. The number of aliphatic hydroxyl groups is 1. The minimum atomic E-state index is -1.82. The van der Waals surface area contributed by atoms with Gasteiger partial charge in [-0.15, -0.1) is 0 Å². The topological polar surface area (TPSA) is 78.9 Å². The van der Waals surface area contributed by atoms with Gasteiger partial charge in [0.1, 0.15) is 18.5 Å². The van der Waals surface area contributed by atoms with Crippen molar-refractivity contribution in [1.82, 2.24) is 10.2 Å². The highest BCUT2D eigenvalue weighted by molar-refractivity contribution is 5.99. The van der Waals surface area contributed by atoms with Crippen molar-refractivity contribution in [1.29, 1.82) is 0 Å². The summed E-state index contributed by atoms with van der Waals surface area (Å²) in [4.78, 5) is 23.5. The number of ether oxygens (including phenoxy) is 1. The van der Waals surface area contributed by atoms with Crippen LogP contribution in [0.2, 0.25) is 0 Å². The van der Waals surface area contributed by atoms with E-state index in [0.717, 1.165) is 4.90 Å². The first-order chi connectivity index (χ1) is 8.51. The van der Waals surface area contributed by atoms with Crippen LogP contribution in [0.4, 0.5) is 13.6 Å². The van der Waals surface area contributed by atoms with Crippen molar-refractivity contribution in [3.63, 3.8) is 0 Å². The SMILES string of the molecule is O=C1NC(=O)N([C@H]2CC[C@](CO)(CF)O2)C[C@H]1F. The minimum absolute atomic E-state index is 0.235. The fourth-order valence-corrected chi connectivity index (χ4v) is 2.11. The Balaban J connectivity index is 2.05. The van der Waals surface area contributed by atoms with Gasteiger partial charge in [-0.25, -0.2) is 13.6 Å². The summed E-state index contributed by atoms with van der Waals surface area (Å²) in [5.74, 6) is -0.979. The maximum atomic E-state index is 13.2. The lowest BCUT2D eigenvalue weighted by Crippen LogP contribution is -2.59. The number of halogens is 2. The molecule has 2 N–H and O–H groups in total. The highest BCUT2D eigenvalue weighted by Gasteiger charge is 2.46. The molecule has 8 heteroatoms. The van der Waals surface area contributed by atoms with Gasteiger partial charge in [-0.3, -0.25) is 15.0 Å². The third kappa shape index (κ3) is 2.17. The van der Waals surface area contributed by atoms with E-state index in [9.17, 15) is 18.4 Å². The molecule has 2 saturated heterocycles. The predicted octanol–water partition coefficient (Wildman–Crippen LogP) is -0.287. The van der Waals surface area contributed by atoms with Crippen molar-refractivity contribution in [3.8, 4) is 0 Å². The summed E-state index contributed by atoms with van der Waals surface area (Å²) in [6.07, 6.45) is -2.11. The van der Waals surface area contributed by atoms with Gasteiger partial charge in [-0.2, -0.15) is 0 Å². The van der Waals surface area contributed by atoms with Gasteiger partial charge in [-0.05, 0) is 12.8 Å². The minimum Gasteiger partial charge on any atom is -0.393 e. The summed E-state index contributed by atoms with van der Waals surface area (Å²) in [7, 11) is 0.